The number of hydrogen-bond donors (Lipinski definition) is 4. The molecule has 0 spiro atoms. The number of piperidine rings is 2. The number of likely N-dealkylation sites (N-methyl/N-ethyl adjacent to an activating group) is 1. The minimum Gasteiger partial charge on any atom is -0.444 e. The number of imide groups is 1. The molecule has 1 unspecified atom stereocenters. The van der Waals surface area contributed by atoms with Crippen LogP contribution in [-0.2, 0) is 35.0 Å². The zero-order chi connectivity index (χ0) is 48.8. The van der Waals surface area contributed by atoms with Gasteiger partial charge in [-0.15, -0.1) is 11.8 Å². The van der Waals surface area contributed by atoms with Gasteiger partial charge in [-0.1, -0.05) is 44.3 Å². The lowest BCUT2D eigenvalue weighted by atomic mass is 9.94. The number of anilines is 3. The number of nitrogens with zero attached hydrogens (tertiary/aromatic N) is 5. The Kier molecular flexibility index (Phi) is 18.4. The number of nitrogens with one attached hydrogen (secondary N) is 4. The number of likely N-dealkylation sites (tertiary alicyclic amines) is 1. The summed E-state index contributed by atoms with van der Waals surface area (Å²) >= 11 is 3.23. The standard InChI is InChI=1S/C49H63N9O9S2/c1-49(2,3)39-29-52-42(67-39)32-68-43-30-53-48(69-43)55-35-8-6-20-57(31-35)45(61)33-12-14-34(15-13-33)54-41(60)11-7-19-56(4)21-23-65-25-27-66-26-24-64-22-18-50-38-10-5-9-37-44(38)47(63)58(46(37)62)36-16-17-40(59)51-28-36/h5,7,9-15,29-30,35-36,50H,6,8,16-28,31-32H2,1-4H3,(H,51,59)(H,53,55)(H,54,60)/b11-7+/t35-,36?/m1/s1. The minimum absolute atomic E-state index is 0.0436. The number of amides is 5. The first-order valence-corrected chi connectivity index (χ1v) is 25.2. The van der Waals surface area contributed by atoms with Crippen LogP contribution in [-0.4, -0.2) is 152 Å². The Bertz CT molecular complexity index is 2410. The van der Waals surface area contributed by atoms with Crippen molar-refractivity contribution >= 4 is 69.1 Å². The highest BCUT2D eigenvalue weighted by molar-refractivity contribution is 8.00. The van der Waals surface area contributed by atoms with Crippen LogP contribution < -0.4 is 21.3 Å². The third kappa shape index (κ3) is 14.7. The van der Waals surface area contributed by atoms with E-state index in [0.29, 0.717) is 118 Å². The molecule has 7 rings (SSSR count). The number of rotatable bonds is 24. The van der Waals surface area contributed by atoms with Crippen molar-refractivity contribution in [3.8, 4) is 0 Å². The number of carbonyl (C=O) groups excluding carboxylic acids is 5. The van der Waals surface area contributed by atoms with Gasteiger partial charge in [0.2, 0.25) is 17.7 Å². The molecule has 2 aromatic heterocycles. The Hall–Kier alpha value is -5.64. The smallest absolute Gasteiger partial charge is 0.263 e. The van der Waals surface area contributed by atoms with E-state index >= 15 is 0 Å². The van der Waals surface area contributed by atoms with E-state index in [-0.39, 0.29) is 60.0 Å². The Labute approximate surface area is 411 Å². The van der Waals surface area contributed by atoms with Gasteiger partial charge in [0.15, 0.2) is 5.13 Å². The van der Waals surface area contributed by atoms with Crippen LogP contribution in [0.3, 0.4) is 0 Å². The molecule has 3 aliphatic rings. The van der Waals surface area contributed by atoms with Gasteiger partial charge in [-0.05, 0) is 62.7 Å². The molecule has 5 heterocycles. The summed E-state index contributed by atoms with van der Waals surface area (Å²) in [5.41, 5.74) is 2.39. The molecule has 2 aromatic carbocycles. The highest BCUT2D eigenvalue weighted by Crippen LogP contribution is 2.34. The van der Waals surface area contributed by atoms with E-state index in [4.69, 9.17) is 18.6 Å². The summed E-state index contributed by atoms with van der Waals surface area (Å²) in [7, 11) is 1.94. The molecule has 4 aromatic rings. The fourth-order valence-corrected chi connectivity index (χ4v) is 9.74. The zero-order valence-electron chi connectivity index (χ0n) is 39.8. The third-order valence-electron chi connectivity index (χ3n) is 11.7. The van der Waals surface area contributed by atoms with Crippen molar-refractivity contribution in [3.05, 3.63) is 95.4 Å². The topological polar surface area (TPSA) is 210 Å². The molecule has 69 heavy (non-hydrogen) atoms. The van der Waals surface area contributed by atoms with Gasteiger partial charge >= 0.3 is 0 Å². The van der Waals surface area contributed by atoms with E-state index in [2.05, 4.69) is 52.0 Å². The monoisotopic (exact) mass is 985 g/mol. The molecule has 20 heteroatoms. The molecule has 4 N–H and O–H groups in total. The summed E-state index contributed by atoms with van der Waals surface area (Å²) in [6, 6.07) is 11.9. The van der Waals surface area contributed by atoms with Gasteiger partial charge in [-0.2, -0.15) is 0 Å². The van der Waals surface area contributed by atoms with Gasteiger partial charge in [0, 0.05) is 80.2 Å². The zero-order valence-corrected chi connectivity index (χ0v) is 41.4. The Balaban J connectivity index is 0.698. The average molecular weight is 986 g/mol. The second-order valence-corrected chi connectivity index (χ2v) is 20.4. The lowest BCUT2D eigenvalue weighted by Crippen LogP contribution is -2.50. The number of thioether (sulfide) groups is 1. The van der Waals surface area contributed by atoms with Crippen molar-refractivity contribution in [2.24, 2.45) is 0 Å². The second-order valence-electron chi connectivity index (χ2n) is 18.1. The maximum absolute atomic E-state index is 13.5. The first-order valence-electron chi connectivity index (χ1n) is 23.4. The molecule has 2 fully saturated rings. The minimum atomic E-state index is -0.353. The lowest BCUT2D eigenvalue weighted by Gasteiger charge is -2.33. The molecule has 5 amide bonds. The lowest BCUT2D eigenvalue weighted by molar-refractivity contribution is -0.123. The fourth-order valence-electron chi connectivity index (χ4n) is 7.94. The van der Waals surface area contributed by atoms with Crippen LogP contribution in [0.5, 0.6) is 0 Å². The summed E-state index contributed by atoms with van der Waals surface area (Å²) in [6.45, 7) is 12.0. The number of thiazole rings is 1. The largest absolute Gasteiger partial charge is 0.444 e. The molecule has 0 saturated carbocycles. The number of fused-ring (bicyclic) bond motifs is 1. The number of hydrogen-bond acceptors (Lipinski definition) is 16. The molecule has 3 aliphatic heterocycles. The molecular formula is C49H63N9O9S2. The first kappa shape index (κ1) is 51.2. The maximum atomic E-state index is 13.5. The average Bonchev–Trinajstić information content (AvgIpc) is 4.07. The number of oxazole rings is 1. The van der Waals surface area contributed by atoms with E-state index in [1.165, 1.54) is 11.0 Å². The van der Waals surface area contributed by atoms with Gasteiger partial charge in [0.25, 0.3) is 17.7 Å². The normalized spacial score (nSPS) is 17.4. The molecule has 2 saturated heterocycles. The first-order chi connectivity index (χ1) is 33.3. The molecule has 18 nitrogen and oxygen atoms in total. The second kappa shape index (κ2) is 24.8. The van der Waals surface area contributed by atoms with Gasteiger partial charge in [-0.3, -0.25) is 28.9 Å². The molecule has 0 bridgehead atoms. The molecule has 370 valence electrons. The number of ether oxygens (including phenoxy) is 3. The Morgan fingerprint density at radius 1 is 0.971 bits per heavy atom. The van der Waals surface area contributed by atoms with Crippen LogP contribution in [0.25, 0.3) is 0 Å². The van der Waals surface area contributed by atoms with E-state index in [1.54, 1.807) is 77.8 Å². The predicted molar refractivity (Wildman–Crippen MR) is 265 cm³/mol. The van der Waals surface area contributed by atoms with Crippen molar-refractivity contribution in [2.45, 2.75) is 73.9 Å². The number of aromatic nitrogens is 2. The molecule has 2 atom stereocenters. The van der Waals surface area contributed by atoms with Crippen molar-refractivity contribution in [2.75, 3.05) is 102 Å². The third-order valence-corrected chi connectivity index (χ3v) is 13.8. The SMILES string of the molecule is CN(C/C=C/C(=O)Nc1ccc(C(=O)N2CCC[C@@H](Nc3ncc(SCc4ncc(C(C)(C)C)o4)s3)C2)cc1)CCOCCOCCOCCNc1cccc2c1C(=O)N(C1CCC(=O)NC1)C2=O. The quantitative estimate of drug-likeness (QED) is 0.0279. The summed E-state index contributed by atoms with van der Waals surface area (Å²) in [4.78, 5) is 78.1. The summed E-state index contributed by atoms with van der Waals surface area (Å²) < 4.78 is 24.0. The van der Waals surface area contributed by atoms with E-state index in [0.717, 1.165) is 27.9 Å². The fraction of sp³-hybridized carbons (Fsp3) is 0.490. The van der Waals surface area contributed by atoms with Crippen molar-refractivity contribution < 1.29 is 42.6 Å². The van der Waals surface area contributed by atoms with Gasteiger partial charge < -0.3 is 49.7 Å². The molecular weight excluding hydrogens is 923 g/mol. The summed E-state index contributed by atoms with van der Waals surface area (Å²) in [6.07, 6.45) is 9.52. The van der Waals surface area contributed by atoms with Crippen molar-refractivity contribution in [1.29, 1.82) is 0 Å². The van der Waals surface area contributed by atoms with Crippen molar-refractivity contribution in [3.63, 3.8) is 0 Å². The van der Waals surface area contributed by atoms with E-state index in [1.807, 2.05) is 23.0 Å². The van der Waals surface area contributed by atoms with Crippen molar-refractivity contribution in [1.82, 2.24) is 30.0 Å². The predicted octanol–water partition coefficient (Wildman–Crippen LogP) is 5.90. The van der Waals surface area contributed by atoms with Gasteiger partial charge in [-0.25, -0.2) is 9.97 Å². The van der Waals surface area contributed by atoms with Crippen LogP contribution in [0, 0.1) is 0 Å². The summed E-state index contributed by atoms with van der Waals surface area (Å²) in [5, 5.41) is 13.2. The molecule has 0 aliphatic carbocycles. The van der Waals surface area contributed by atoms with Gasteiger partial charge in [0.1, 0.15) is 5.76 Å². The molecule has 0 radical (unpaired) electrons. The van der Waals surface area contributed by atoms with Crippen LogP contribution in [0.15, 0.2) is 75.6 Å². The Morgan fingerprint density at radius 2 is 1.74 bits per heavy atom. The Morgan fingerprint density at radius 3 is 2.48 bits per heavy atom. The highest BCUT2D eigenvalue weighted by Gasteiger charge is 2.42. The van der Waals surface area contributed by atoms with Crippen LogP contribution >= 0.6 is 23.1 Å². The van der Waals surface area contributed by atoms with Crippen LogP contribution in [0.2, 0.25) is 0 Å². The highest BCUT2D eigenvalue weighted by atomic mass is 32.2. The van der Waals surface area contributed by atoms with Crippen LogP contribution in [0.1, 0.15) is 89.2 Å². The van der Waals surface area contributed by atoms with Gasteiger partial charge in [0.05, 0.1) is 79.2 Å². The number of carbonyl (C=O) groups is 5. The maximum Gasteiger partial charge on any atom is 0.263 e. The van der Waals surface area contributed by atoms with Crippen LogP contribution in [0.4, 0.5) is 16.5 Å². The van der Waals surface area contributed by atoms with E-state index < -0.39 is 0 Å². The summed E-state index contributed by atoms with van der Waals surface area (Å²) in [5.74, 6) is 1.14. The number of benzene rings is 2. The van der Waals surface area contributed by atoms with E-state index in [9.17, 15) is 24.0 Å².